The Kier molecular flexibility index (Phi) is 2.18. The molecule has 0 aliphatic heterocycles. The van der Waals surface area contributed by atoms with Gasteiger partial charge in [-0.05, 0) is 32.9 Å². The van der Waals surface area contributed by atoms with Crippen LogP contribution in [-0.4, -0.2) is 25.6 Å². The Morgan fingerprint density at radius 3 is 2.69 bits per heavy atom. The molecule has 2 aromatic heterocycles. The number of aromatic carboxylic acids is 1. The number of imidazole rings is 1. The second-order valence-electron chi connectivity index (χ2n) is 4.59. The van der Waals surface area contributed by atoms with E-state index in [1.807, 2.05) is 20.8 Å². The molecule has 1 N–H and O–H groups in total. The van der Waals surface area contributed by atoms with Crippen molar-refractivity contribution in [1.82, 2.24) is 14.5 Å². The van der Waals surface area contributed by atoms with Crippen LogP contribution in [0.3, 0.4) is 0 Å². The molecule has 2 rings (SSSR count). The molecule has 0 saturated carbocycles. The second-order valence-corrected chi connectivity index (χ2v) is 4.59. The highest BCUT2D eigenvalue weighted by molar-refractivity contribution is 5.88. The third kappa shape index (κ3) is 1.54. The summed E-state index contributed by atoms with van der Waals surface area (Å²) in [4.78, 5) is 19.4. The van der Waals surface area contributed by atoms with Gasteiger partial charge in [0.15, 0.2) is 5.65 Å². The van der Waals surface area contributed by atoms with Gasteiger partial charge >= 0.3 is 5.97 Å². The van der Waals surface area contributed by atoms with Crippen LogP contribution in [0.25, 0.3) is 11.2 Å². The summed E-state index contributed by atoms with van der Waals surface area (Å²) in [7, 11) is 0. The highest BCUT2D eigenvalue weighted by atomic mass is 16.4. The first-order valence-corrected chi connectivity index (χ1v) is 4.98. The second kappa shape index (κ2) is 3.30. The quantitative estimate of drug-likeness (QED) is 0.795. The van der Waals surface area contributed by atoms with Gasteiger partial charge in [-0.1, -0.05) is 0 Å². The van der Waals surface area contributed by atoms with Crippen molar-refractivity contribution in [1.29, 1.82) is 0 Å². The number of hydrogen-bond donors (Lipinski definition) is 1. The summed E-state index contributed by atoms with van der Waals surface area (Å²) < 4.78 is 1.64. The van der Waals surface area contributed by atoms with Crippen LogP contribution in [0.15, 0.2) is 18.3 Å². The number of carboxylic acids is 1. The van der Waals surface area contributed by atoms with Crippen molar-refractivity contribution in [3.63, 3.8) is 0 Å². The molecule has 2 heterocycles. The Labute approximate surface area is 92.8 Å². The molecule has 0 fully saturated rings. The molecular formula is C11H13N3O2. The van der Waals surface area contributed by atoms with E-state index >= 15 is 0 Å². The summed E-state index contributed by atoms with van der Waals surface area (Å²) in [5, 5.41) is 9.12. The van der Waals surface area contributed by atoms with Crippen molar-refractivity contribution < 1.29 is 9.90 Å². The molecule has 0 atom stereocenters. The maximum absolute atomic E-state index is 11.1. The minimum atomic E-state index is -1.03. The lowest BCUT2D eigenvalue weighted by atomic mass is 10.1. The number of carboxylic acid groups (broad SMARTS) is 1. The number of carbonyl (C=O) groups is 1. The minimum Gasteiger partial charge on any atom is -0.475 e. The Morgan fingerprint density at radius 2 is 2.12 bits per heavy atom. The highest BCUT2D eigenvalue weighted by Gasteiger charge is 2.25. The molecule has 0 bridgehead atoms. The fourth-order valence-electron chi connectivity index (χ4n) is 1.69. The van der Waals surface area contributed by atoms with Crippen molar-refractivity contribution in [2.75, 3.05) is 0 Å². The average molecular weight is 219 g/mol. The first kappa shape index (κ1) is 10.6. The number of pyridine rings is 1. The SMILES string of the molecule is CC(C)(C)n1c(C(=O)O)nc2cccnc21. The molecule has 0 saturated heterocycles. The van der Waals surface area contributed by atoms with Gasteiger partial charge in [-0.25, -0.2) is 14.8 Å². The van der Waals surface area contributed by atoms with E-state index in [1.54, 1.807) is 22.9 Å². The van der Waals surface area contributed by atoms with Crippen molar-refractivity contribution in [2.24, 2.45) is 0 Å². The topological polar surface area (TPSA) is 68.0 Å². The van der Waals surface area contributed by atoms with Crippen molar-refractivity contribution in [3.8, 4) is 0 Å². The van der Waals surface area contributed by atoms with E-state index in [2.05, 4.69) is 9.97 Å². The van der Waals surface area contributed by atoms with Crippen LogP contribution in [0.2, 0.25) is 0 Å². The van der Waals surface area contributed by atoms with E-state index in [4.69, 9.17) is 5.11 Å². The Bertz CT molecular complexity index is 552. The smallest absolute Gasteiger partial charge is 0.372 e. The van der Waals surface area contributed by atoms with Gasteiger partial charge in [0.05, 0.1) is 0 Å². The van der Waals surface area contributed by atoms with Crippen molar-refractivity contribution >= 4 is 17.1 Å². The summed E-state index contributed by atoms with van der Waals surface area (Å²) in [6.45, 7) is 5.78. The summed E-state index contributed by atoms with van der Waals surface area (Å²) >= 11 is 0. The summed E-state index contributed by atoms with van der Waals surface area (Å²) in [5.41, 5.74) is 0.846. The summed E-state index contributed by atoms with van der Waals surface area (Å²) in [5.74, 6) is -1.01. The number of rotatable bonds is 1. The van der Waals surface area contributed by atoms with E-state index < -0.39 is 5.97 Å². The van der Waals surface area contributed by atoms with Gasteiger partial charge in [0.25, 0.3) is 0 Å². The molecule has 0 amide bonds. The normalized spacial score (nSPS) is 11.9. The van der Waals surface area contributed by atoms with Gasteiger partial charge in [-0.3, -0.25) is 4.57 Å². The number of aromatic nitrogens is 3. The van der Waals surface area contributed by atoms with Gasteiger partial charge in [0.2, 0.25) is 5.82 Å². The molecular weight excluding hydrogens is 206 g/mol. The number of fused-ring (bicyclic) bond motifs is 1. The molecule has 84 valence electrons. The summed E-state index contributed by atoms with van der Waals surface area (Å²) in [6.07, 6.45) is 1.64. The molecule has 16 heavy (non-hydrogen) atoms. The van der Waals surface area contributed by atoms with E-state index in [-0.39, 0.29) is 11.4 Å². The zero-order valence-corrected chi connectivity index (χ0v) is 9.43. The van der Waals surface area contributed by atoms with Crippen LogP contribution in [0.1, 0.15) is 31.4 Å². The van der Waals surface area contributed by atoms with Gasteiger partial charge in [-0.15, -0.1) is 0 Å². The van der Waals surface area contributed by atoms with Crippen LogP contribution in [0.4, 0.5) is 0 Å². The van der Waals surface area contributed by atoms with Crippen LogP contribution in [0.5, 0.6) is 0 Å². The predicted octanol–water partition coefficient (Wildman–Crippen LogP) is 1.88. The summed E-state index contributed by atoms with van der Waals surface area (Å²) in [6, 6.07) is 3.50. The molecule has 5 heteroatoms. The Balaban J connectivity index is 2.85. The third-order valence-corrected chi connectivity index (χ3v) is 2.28. The lowest BCUT2D eigenvalue weighted by Crippen LogP contribution is -2.26. The van der Waals surface area contributed by atoms with Crippen LogP contribution in [-0.2, 0) is 5.54 Å². The molecule has 0 aliphatic carbocycles. The molecule has 0 radical (unpaired) electrons. The van der Waals surface area contributed by atoms with Crippen molar-refractivity contribution in [3.05, 3.63) is 24.2 Å². The highest BCUT2D eigenvalue weighted by Crippen LogP contribution is 2.23. The van der Waals surface area contributed by atoms with Crippen LogP contribution >= 0.6 is 0 Å². The average Bonchev–Trinajstić information content (AvgIpc) is 2.55. The third-order valence-electron chi connectivity index (χ3n) is 2.28. The molecule has 0 aromatic carbocycles. The molecule has 0 unspecified atom stereocenters. The first-order valence-electron chi connectivity index (χ1n) is 4.98. The van der Waals surface area contributed by atoms with Crippen LogP contribution < -0.4 is 0 Å². The fraction of sp³-hybridized carbons (Fsp3) is 0.364. The maximum Gasteiger partial charge on any atom is 0.372 e. The lowest BCUT2D eigenvalue weighted by Gasteiger charge is -2.22. The zero-order chi connectivity index (χ0) is 11.9. The van der Waals surface area contributed by atoms with Gasteiger partial charge in [0.1, 0.15) is 5.52 Å². The first-order chi connectivity index (χ1) is 7.41. The van der Waals surface area contributed by atoms with E-state index in [1.165, 1.54) is 0 Å². The monoisotopic (exact) mass is 219 g/mol. The van der Waals surface area contributed by atoms with Gasteiger partial charge < -0.3 is 5.11 Å². The predicted molar refractivity (Wildman–Crippen MR) is 59.5 cm³/mol. The number of hydrogen-bond acceptors (Lipinski definition) is 3. The van der Waals surface area contributed by atoms with E-state index in [0.29, 0.717) is 11.2 Å². The van der Waals surface area contributed by atoms with Crippen LogP contribution in [0, 0.1) is 0 Å². The van der Waals surface area contributed by atoms with Crippen molar-refractivity contribution in [2.45, 2.75) is 26.3 Å². The molecule has 2 aromatic rings. The fourth-order valence-corrected chi connectivity index (χ4v) is 1.69. The molecule has 0 aliphatic rings. The Morgan fingerprint density at radius 1 is 1.44 bits per heavy atom. The molecule has 0 spiro atoms. The Hall–Kier alpha value is -1.91. The van der Waals surface area contributed by atoms with E-state index in [9.17, 15) is 4.79 Å². The maximum atomic E-state index is 11.1. The lowest BCUT2D eigenvalue weighted by molar-refractivity contribution is 0.0672. The number of nitrogens with zero attached hydrogens (tertiary/aromatic N) is 3. The minimum absolute atomic E-state index is 0.0289. The standard InChI is InChI=1S/C11H13N3O2/c1-11(2,3)14-8-7(5-4-6-12-8)13-9(14)10(15)16/h4-6H,1-3H3,(H,15,16). The largest absolute Gasteiger partial charge is 0.475 e. The van der Waals surface area contributed by atoms with Gasteiger partial charge in [-0.2, -0.15) is 0 Å². The van der Waals surface area contributed by atoms with Gasteiger partial charge in [0, 0.05) is 11.7 Å². The van der Waals surface area contributed by atoms with E-state index in [0.717, 1.165) is 0 Å². The zero-order valence-electron chi connectivity index (χ0n) is 9.43. The molecule has 5 nitrogen and oxygen atoms in total.